The summed E-state index contributed by atoms with van der Waals surface area (Å²) in [6.07, 6.45) is 1.28. The number of amides is 1. The van der Waals surface area contributed by atoms with E-state index >= 15 is 0 Å². The molecule has 1 aliphatic rings. The van der Waals surface area contributed by atoms with Gasteiger partial charge in [-0.15, -0.1) is 0 Å². The summed E-state index contributed by atoms with van der Waals surface area (Å²) in [6, 6.07) is 5.22. The number of benzene rings is 1. The highest BCUT2D eigenvalue weighted by Gasteiger charge is 2.25. The minimum Gasteiger partial charge on any atom is -0.495 e. The van der Waals surface area contributed by atoms with Gasteiger partial charge in [-0.2, -0.15) is 0 Å². The third kappa shape index (κ3) is 3.08. The Morgan fingerprint density at radius 3 is 2.91 bits per heavy atom. The zero-order valence-corrected chi connectivity index (χ0v) is 12.4. The molecule has 0 saturated heterocycles. The fourth-order valence-electron chi connectivity index (χ4n) is 2.38. The normalized spacial score (nSPS) is 13.8. The van der Waals surface area contributed by atoms with E-state index in [4.69, 9.17) is 9.47 Å². The topological polar surface area (TPSA) is 51.7 Å². The molecule has 2 heterocycles. The van der Waals surface area contributed by atoms with Gasteiger partial charge in [-0.3, -0.25) is 4.79 Å². The Labute approximate surface area is 131 Å². The number of pyridine rings is 1. The van der Waals surface area contributed by atoms with Gasteiger partial charge in [0.25, 0.3) is 5.91 Å². The van der Waals surface area contributed by atoms with E-state index < -0.39 is 17.5 Å². The molecule has 23 heavy (non-hydrogen) atoms. The molecule has 0 saturated carbocycles. The fraction of sp³-hybridized carbons (Fsp3) is 0.250. The van der Waals surface area contributed by atoms with Crippen LogP contribution in [0.4, 0.5) is 8.78 Å². The number of hydrogen-bond acceptors (Lipinski definition) is 4. The minimum atomic E-state index is -0.765. The molecule has 0 atom stereocenters. The molecule has 1 aromatic heterocycles. The summed E-state index contributed by atoms with van der Waals surface area (Å²) in [6.45, 7) is 0.615. The van der Waals surface area contributed by atoms with Crippen molar-refractivity contribution >= 4 is 5.91 Å². The summed E-state index contributed by atoms with van der Waals surface area (Å²) in [7, 11) is 1.38. The number of carbonyl (C=O) groups is 1. The molecule has 120 valence electrons. The Balaban J connectivity index is 1.88. The first-order valence-corrected chi connectivity index (χ1v) is 6.98. The number of nitrogens with zero attached hydrogens (tertiary/aromatic N) is 2. The predicted molar refractivity (Wildman–Crippen MR) is 77.4 cm³/mol. The van der Waals surface area contributed by atoms with E-state index in [-0.39, 0.29) is 31.1 Å². The standard InChI is InChI=1S/C16H14F2N2O3/c1-22-12-7-13(18)15(19-8-12)16(21)20-4-5-23-14-3-2-11(17)6-10(14)9-20/h2-3,6-8H,4-5,9H2,1H3. The van der Waals surface area contributed by atoms with Crippen molar-refractivity contribution in [1.29, 1.82) is 0 Å². The molecule has 1 aromatic carbocycles. The van der Waals surface area contributed by atoms with Crippen LogP contribution in [0, 0.1) is 11.6 Å². The van der Waals surface area contributed by atoms with Gasteiger partial charge in [0, 0.05) is 18.2 Å². The SMILES string of the molecule is COc1cnc(C(=O)N2CCOc3ccc(F)cc3C2)c(F)c1. The third-order valence-corrected chi connectivity index (χ3v) is 3.54. The smallest absolute Gasteiger partial charge is 0.275 e. The molecule has 7 heteroatoms. The number of halogens is 2. The van der Waals surface area contributed by atoms with Crippen LogP contribution in [0.2, 0.25) is 0 Å². The second kappa shape index (κ2) is 6.20. The first-order valence-electron chi connectivity index (χ1n) is 6.98. The van der Waals surface area contributed by atoms with E-state index in [1.54, 1.807) is 0 Å². The van der Waals surface area contributed by atoms with Crippen molar-refractivity contribution in [2.24, 2.45) is 0 Å². The molecule has 0 aliphatic carbocycles. The molecule has 1 aliphatic heterocycles. The van der Waals surface area contributed by atoms with E-state index in [0.717, 1.165) is 6.07 Å². The molecule has 0 unspecified atom stereocenters. The van der Waals surface area contributed by atoms with Crippen molar-refractivity contribution in [3.63, 3.8) is 0 Å². The number of rotatable bonds is 2. The summed E-state index contributed by atoms with van der Waals surface area (Å²) in [5, 5.41) is 0. The summed E-state index contributed by atoms with van der Waals surface area (Å²) < 4.78 is 37.8. The molecule has 0 fully saturated rings. The largest absolute Gasteiger partial charge is 0.495 e. The van der Waals surface area contributed by atoms with Crippen LogP contribution in [0.25, 0.3) is 0 Å². The lowest BCUT2D eigenvalue weighted by Gasteiger charge is -2.19. The average Bonchev–Trinajstić information content (AvgIpc) is 2.75. The van der Waals surface area contributed by atoms with Crippen LogP contribution in [0.15, 0.2) is 30.5 Å². The molecular formula is C16H14F2N2O3. The molecule has 1 amide bonds. The molecule has 3 rings (SSSR count). The first kappa shape index (κ1) is 15.2. The maximum Gasteiger partial charge on any atom is 0.275 e. The van der Waals surface area contributed by atoms with Crippen molar-refractivity contribution < 1.29 is 23.0 Å². The highest BCUT2D eigenvalue weighted by molar-refractivity contribution is 5.92. The summed E-state index contributed by atoms with van der Waals surface area (Å²) in [5.41, 5.74) is 0.232. The Morgan fingerprint density at radius 2 is 2.17 bits per heavy atom. The minimum absolute atomic E-state index is 0.124. The number of methoxy groups -OCH3 is 1. The number of hydrogen-bond donors (Lipinski definition) is 0. The molecule has 5 nitrogen and oxygen atoms in total. The van der Waals surface area contributed by atoms with Crippen molar-refractivity contribution in [3.8, 4) is 11.5 Å². The number of fused-ring (bicyclic) bond motifs is 1. The summed E-state index contributed by atoms with van der Waals surface area (Å²) in [4.78, 5) is 17.7. The Bertz CT molecular complexity index is 752. The third-order valence-electron chi connectivity index (χ3n) is 3.54. The lowest BCUT2D eigenvalue weighted by atomic mass is 10.1. The van der Waals surface area contributed by atoms with Gasteiger partial charge >= 0.3 is 0 Å². The van der Waals surface area contributed by atoms with E-state index in [2.05, 4.69) is 4.98 Å². The van der Waals surface area contributed by atoms with Gasteiger partial charge in [-0.25, -0.2) is 13.8 Å². The first-order chi connectivity index (χ1) is 11.1. The van der Waals surface area contributed by atoms with Crippen LogP contribution in [0.1, 0.15) is 16.1 Å². The molecule has 0 spiro atoms. The highest BCUT2D eigenvalue weighted by atomic mass is 19.1. The predicted octanol–water partition coefficient (Wildman–Crippen LogP) is 2.40. The highest BCUT2D eigenvalue weighted by Crippen LogP contribution is 2.25. The van der Waals surface area contributed by atoms with E-state index in [1.165, 1.54) is 36.4 Å². The summed E-state index contributed by atoms with van der Waals surface area (Å²) in [5.74, 6) is -1.02. The van der Waals surface area contributed by atoms with Crippen molar-refractivity contribution in [2.45, 2.75) is 6.54 Å². The number of carbonyl (C=O) groups excluding carboxylic acids is 1. The lowest BCUT2D eigenvalue weighted by molar-refractivity contribution is 0.0722. The molecule has 0 radical (unpaired) electrons. The number of aromatic nitrogens is 1. The van der Waals surface area contributed by atoms with E-state index in [1.807, 2.05) is 0 Å². The fourth-order valence-corrected chi connectivity index (χ4v) is 2.38. The maximum absolute atomic E-state index is 14.0. The van der Waals surface area contributed by atoms with E-state index in [9.17, 15) is 13.6 Å². The Morgan fingerprint density at radius 1 is 1.35 bits per heavy atom. The van der Waals surface area contributed by atoms with Gasteiger partial charge in [-0.1, -0.05) is 0 Å². The lowest BCUT2D eigenvalue weighted by Crippen LogP contribution is -2.33. The van der Waals surface area contributed by atoms with Gasteiger partial charge in [0.05, 0.1) is 19.9 Å². The zero-order valence-electron chi connectivity index (χ0n) is 12.4. The van der Waals surface area contributed by atoms with Gasteiger partial charge in [0.2, 0.25) is 0 Å². The quantitative estimate of drug-likeness (QED) is 0.853. The van der Waals surface area contributed by atoms with Crippen LogP contribution in [0.3, 0.4) is 0 Å². The van der Waals surface area contributed by atoms with Gasteiger partial charge < -0.3 is 14.4 Å². The van der Waals surface area contributed by atoms with Crippen LogP contribution in [-0.2, 0) is 6.54 Å². The maximum atomic E-state index is 14.0. The zero-order chi connectivity index (χ0) is 16.4. The van der Waals surface area contributed by atoms with E-state index in [0.29, 0.717) is 11.3 Å². The van der Waals surface area contributed by atoms with Gasteiger partial charge in [0.15, 0.2) is 11.5 Å². The monoisotopic (exact) mass is 320 g/mol. The van der Waals surface area contributed by atoms with Crippen molar-refractivity contribution in [2.75, 3.05) is 20.3 Å². The van der Waals surface area contributed by atoms with Gasteiger partial charge in [-0.05, 0) is 18.2 Å². The second-order valence-corrected chi connectivity index (χ2v) is 5.03. The Kier molecular flexibility index (Phi) is 4.10. The Hall–Kier alpha value is -2.70. The van der Waals surface area contributed by atoms with Gasteiger partial charge in [0.1, 0.15) is 23.9 Å². The summed E-state index contributed by atoms with van der Waals surface area (Å²) >= 11 is 0. The van der Waals surface area contributed by atoms with Crippen LogP contribution in [-0.4, -0.2) is 36.1 Å². The number of ether oxygens (including phenoxy) is 2. The van der Waals surface area contributed by atoms with Crippen molar-refractivity contribution in [1.82, 2.24) is 9.88 Å². The van der Waals surface area contributed by atoms with Crippen LogP contribution in [0.5, 0.6) is 11.5 Å². The second-order valence-electron chi connectivity index (χ2n) is 5.03. The van der Waals surface area contributed by atoms with Crippen molar-refractivity contribution in [3.05, 3.63) is 53.4 Å². The molecular weight excluding hydrogens is 306 g/mol. The average molecular weight is 320 g/mol. The molecule has 0 bridgehead atoms. The van der Waals surface area contributed by atoms with Crippen LogP contribution < -0.4 is 9.47 Å². The molecule has 0 N–H and O–H groups in total. The molecule has 2 aromatic rings. The van der Waals surface area contributed by atoms with Crippen LogP contribution >= 0.6 is 0 Å².